The maximum Gasteiger partial charge on any atom is 0.0468 e. The van der Waals surface area contributed by atoms with Gasteiger partial charge in [-0.05, 0) is 62.7 Å². The number of ether oxygens (including phenoxy) is 1. The minimum atomic E-state index is 0.174. The smallest absolute Gasteiger partial charge is 0.0468 e. The summed E-state index contributed by atoms with van der Waals surface area (Å²) in [5, 5.41) is 0. The molecule has 17 heavy (non-hydrogen) atoms. The first-order valence-corrected chi connectivity index (χ1v) is 7.62. The molecule has 0 spiro atoms. The molecule has 2 nitrogen and oxygen atoms in total. The van der Waals surface area contributed by atoms with Crippen LogP contribution >= 0.6 is 0 Å². The molecule has 2 N–H and O–H groups in total. The molecule has 2 heteroatoms. The number of hydrogen-bond acceptors (Lipinski definition) is 2. The molecule has 2 unspecified atom stereocenters. The van der Waals surface area contributed by atoms with Crippen LogP contribution < -0.4 is 5.73 Å². The Morgan fingerprint density at radius 1 is 1.00 bits per heavy atom. The van der Waals surface area contributed by atoms with Crippen molar-refractivity contribution >= 4 is 0 Å². The van der Waals surface area contributed by atoms with Crippen LogP contribution in [0.25, 0.3) is 0 Å². The molecule has 0 aromatic carbocycles. The van der Waals surface area contributed by atoms with Gasteiger partial charge in [0.05, 0.1) is 0 Å². The van der Waals surface area contributed by atoms with Crippen LogP contribution in [0.5, 0.6) is 0 Å². The van der Waals surface area contributed by atoms with Crippen LogP contribution in [0.4, 0.5) is 0 Å². The summed E-state index contributed by atoms with van der Waals surface area (Å²) in [4.78, 5) is 0. The van der Waals surface area contributed by atoms with E-state index < -0.39 is 0 Å². The Hall–Kier alpha value is -0.0800. The van der Waals surface area contributed by atoms with E-state index in [2.05, 4.69) is 0 Å². The molecule has 1 heterocycles. The molecule has 3 aliphatic rings. The summed E-state index contributed by atoms with van der Waals surface area (Å²) < 4.78 is 5.45. The molecule has 0 radical (unpaired) electrons. The van der Waals surface area contributed by atoms with Gasteiger partial charge >= 0.3 is 0 Å². The molecule has 3 rings (SSSR count). The summed E-state index contributed by atoms with van der Waals surface area (Å²) in [5.41, 5.74) is 6.88. The molecule has 1 saturated heterocycles. The lowest BCUT2D eigenvalue weighted by atomic mass is 9.70. The molecule has 2 saturated carbocycles. The molecule has 0 bridgehead atoms. The minimum absolute atomic E-state index is 0.174. The lowest BCUT2D eigenvalue weighted by molar-refractivity contribution is 0.0490. The van der Waals surface area contributed by atoms with Crippen LogP contribution in [0.2, 0.25) is 0 Å². The summed E-state index contributed by atoms with van der Waals surface area (Å²) in [5.74, 6) is 2.85. The zero-order valence-corrected chi connectivity index (χ0v) is 11.0. The van der Waals surface area contributed by atoms with E-state index in [-0.39, 0.29) is 5.54 Å². The first-order chi connectivity index (χ1) is 8.25. The fraction of sp³-hybridized carbons (Fsp3) is 1.00. The molecule has 1 aliphatic heterocycles. The van der Waals surface area contributed by atoms with Gasteiger partial charge in [-0.3, -0.25) is 0 Å². The van der Waals surface area contributed by atoms with Crippen LogP contribution in [0, 0.1) is 17.8 Å². The molecular formula is C15H27NO. The number of nitrogens with two attached hydrogens (primary N) is 1. The minimum Gasteiger partial charge on any atom is -0.381 e. The Kier molecular flexibility index (Phi) is 3.45. The third-order valence-electron chi connectivity index (χ3n) is 5.24. The highest BCUT2D eigenvalue weighted by Gasteiger charge is 2.40. The molecule has 2 atom stereocenters. The monoisotopic (exact) mass is 237 g/mol. The van der Waals surface area contributed by atoms with E-state index in [4.69, 9.17) is 10.5 Å². The van der Waals surface area contributed by atoms with Crippen molar-refractivity contribution in [2.24, 2.45) is 23.5 Å². The lowest BCUT2D eigenvalue weighted by Gasteiger charge is -2.41. The van der Waals surface area contributed by atoms with Crippen molar-refractivity contribution in [2.75, 3.05) is 13.2 Å². The van der Waals surface area contributed by atoms with Gasteiger partial charge in [0, 0.05) is 18.8 Å². The highest BCUT2D eigenvalue weighted by Crippen LogP contribution is 2.47. The van der Waals surface area contributed by atoms with E-state index in [1.165, 1.54) is 57.8 Å². The Morgan fingerprint density at radius 3 is 2.47 bits per heavy atom. The SMILES string of the molecule is NC1(CC2CCOCC2)CCCC(C2CC2)C1. The second-order valence-corrected chi connectivity index (χ2v) is 6.82. The predicted molar refractivity (Wildman–Crippen MR) is 69.8 cm³/mol. The first-order valence-electron chi connectivity index (χ1n) is 7.62. The highest BCUT2D eigenvalue weighted by atomic mass is 16.5. The zero-order valence-electron chi connectivity index (χ0n) is 11.0. The van der Waals surface area contributed by atoms with Gasteiger partial charge in [-0.15, -0.1) is 0 Å². The van der Waals surface area contributed by atoms with E-state index in [1.54, 1.807) is 0 Å². The largest absolute Gasteiger partial charge is 0.381 e. The van der Waals surface area contributed by atoms with Crippen LogP contribution in [0.15, 0.2) is 0 Å². The van der Waals surface area contributed by atoms with Gasteiger partial charge in [-0.1, -0.05) is 12.8 Å². The van der Waals surface area contributed by atoms with Gasteiger partial charge in [0.15, 0.2) is 0 Å². The van der Waals surface area contributed by atoms with Crippen LogP contribution in [-0.2, 0) is 4.74 Å². The van der Waals surface area contributed by atoms with Crippen molar-refractivity contribution in [3.8, 4) is 0 Å². The number of hydrogen-bond donors (Lipinski definition) is 1. The molecule has 3 fully saturated rings. The predicted octanol–water partition coefficient (Wildman–Crippen LogP) is 3.10. The van der Waals surface area contributed by atoms with Crippen molar-refractivity contribution < 1.29 is 4.74 Å². The van der Waals surface area contributed by atoms with Crippen LogP contribution in [-0.4, -0.2) is 18.8 Å². The summed E-state index contributed by atoms with van der Waals surface area (Å²) in [6, 6.07) is 0. The van der Waals surface area contributed by atoms with Crippen molar-refractivity contribution in [1.29, 1.82) is 0 Å². The fourth-order valence-electron chi connectivity index (χ4n) is 4.12. The van der Waals surface area contributed by atoms with Gasteiger partial charge in [0.1, 0.15) is 0 Å². The van der Waals surface area contributed by atoms with E-state index in [1.807, 2.05) is 0 Å². The van der Waals surface area contributed by atoms with Gasteiger partial charge < -0.3 is 10.5 Å². The standard InChI is InChI=1S/C15H27NO/c16-15(10-12-5-8-17-9-6-12)7-1-2-14(11-15)13-3-4-13/h12-14H,1-11,16H2. The molecule has 0 aromatic rings. The normalized spacial score (nSPS) is 40.4. The number of rotatable bonds is 3. The molecule has 0 amide bonds. The third kappa shape index (κ3) is 3.03. The molecule has 98 valence electrons. The van der Waals surface area contributed by atoms with Gasteiger partial charge in [-0.2, -0.15) is 0 Å². The first kappa shape index (κ1) is 12.0. The average molecular weight is 237 g/mol. The lowest BCUT2D eigenvalue weighted by Crippen LogP contribution is -2.46. The summed E-state index contributed by atoms with van der Waals surface area (Å²) in [6.07, 6.45) is 12.1. The van der Waals surface area contributed by atoms with Crippen molar-refractivity contribution in [1.82, 2.24) is 0 Å². The Labute approximate surface area is 105 Å². The van der Waals surface area contributed by atoms with Gasteiger partial charge in [0.2, 0.25) is 0 Å². The Morgan fingerprint density at radius 2 is 1.76 bits per heavy atom. The molecular weight excluding hydrogens is 210 g/mol. The van der Waals surface area contributed by atoms with Crippen LogP contribution in [0.1, 0.15) is 57.8 Å². The molecule has 0 aromatic heterocycles. The van der Waals surface area contributed by atoms with Crippen LogP contribution in [0.3, 0.4) is 0 Å². The Balaban J connectivity index is 1.55. The van der Waals surface area contributed by atoms with Crippen molar-refractivity contribution in [3.63, 3.8) is 0 Å². The van der Waals surface area contributed by atoms with Crippen molar-refractivity contribution in [2.45, 2.75) is 63.3 Å². The van der Waals surface area contributed by atoms with Crippen molar-refractivity contribution in [3.05, 3.63) is 0 Å². The zero-order chi connectivity index (χ0) is 11.7. The maximum atomic E-state index is 6.71. The third-order valence-corrected chi connectivity index (χ3v) is 5.24. The average Bonchev–Trinajstić information content (AvgIpc) is 3.13. The summed E-state index contributed by atoms with van der Waals surface area (Å²) in [6.45, 7) is 1.93. The second kappa shape index (κ2) is 4.89. The summed E-state index contributed by atoms with van der Waals surface area (Å²) >= 11 is 0. The highest BCUT2D eigenvalue weighted by molar-refractivity contribution is 4.96. The van der Waals surface area contributed by atoms with Gasteiger partial charge in [0.25, 0.3) is 0 Å². The van der Waals surface area contributed by atoms with Gasteiger partial charge in [-0.25, -0.2) is 0 Å². The topological polar surface area (TPSA) is 35.2 Å². The van der Waals surface area contributed by atoms with E-state index in [0.717, 1.165) is 31.0 Å². The summed E-state index contributed by atoms with van der Waals surface area (Å²) in [7, 11) is 0. The fourth-order valence-corrected chi connectivity index (χ4v) is 4.12. The van der Waals surface area contributed by atoms with E-state index in [0.29, 0.717) is 0 Å². The Bertz CT molecular complexity index is 258. The van der Waals surface area contributed by atoms with E-state index >= 15 is 0 Å². The second-order valence-electron chi connectivity index (χ2n) is 6.82. The molecule has 2 aliphatic carbocycles. The quantitative estimate of drug-likeness (QED) is 0.818. The maximum absolute atomic E-state index is 6.71. The van der Waals surface area contributed by atoms with E-state index in [9.17, 15) is 0 Å².